The molecule has 7 nitrogen and oxygen atoms in total. The van der Waals surface area contributed by atoms with Crippen molar-refractivity contribution in [3.05, 3.63) is 48.2 Å². The van der Waals surface area contributed by atoms with E-state index < -0.39 is 19.9 Å². The summed E-state index contributed by atoms with van der Waals surface area (Å²) in [5, 5.41) is 3.11. The number of nitrogens with zero attached hydrogens (tertiary/aromatic N) is 1. The Balaban J connectivity index is 1.66. The molecular formula is C17H21N3O4S2. The first kappa shape index (κ1) is 18.7. The van der Waals surface area contributed by atoms with Gasteiger partial charge in [-0.25, -0.2) is 21.8 Å². The Labute approximate surface area is 153 Å². The Morgan fingerprint density at radius 3 is 2.42 bits per heavy atom. The molecule has 0 spiro atoms. The third-order valence-electron chi connectivity index (χ3n) is 4.25. The predicted octanol–water partition coefficient (Wildman–Crippen LogP) is 2.04. The molecule has 1 aliphatic heterocycles. The number of hydrogen-bond donors (Lipinski definition) is 2. The van der Waals surface area contributed by atoms with Crippen molar-refractivity contribution < 1.29 is 16.8 Å². The molecule has 1 aromatic heterocycles. The van der Waals surface area contributed by atoms with Gasteiger partial charge in [-0.1, -0.05) is 19.1 Å². The molecule has 1 aliphatic rings. The van der Waals surface area contributed by atoms with Crippen LogP contribution in [0.3, 0.4) is 0 Å². The molecule has 1 fully saturated rings. The molecule has 0 aliphatic carbocycles. The fraction of sp³-hybridized carbons (Fsp3) is 0.353. The van der Waals surface area contributed by atoms with E-state index >= 15 is 0 Å². The number of aromatic nitrogens is 1. The van der Waals surface area contributed by atoms with Gasteiger partial charge in [0.2, 0.25) is 0 Å². The van der Waals surface area contributed by atoms with Crippen LogP contribution >= 0.6 is 0 Å². The van der Waals surface area contributed by atoms with Crippen LogP contribution in [0.1, 0.15) is 18.9 Å². The van der Waals surface area contributed by atoms with Gasteiger partial charge in [0.25, 0.3) is 10.0 Å². The summed E-state index contributed by atoms with van der Waals surface area (Å²) in [5.74, 6) is 0.497. The van der Waals surface area contributed by atoms with Crippen LogP contribution in [0, 0.1) is 0 Å². The molecular weight excluding hydrogens is 374 g/mol. The number of rotatable bonds is 6. The molecule has 0 radical (unpaired) electrons. The first-order valence-corrected chi connectivity index (χ1v) is 11.6. The maximum absolute atomic E-state index is 12.4. The Hall–Kier alpha value is -2.13. The first-order valence-electron chi connectivity index (χ1n) is 8.32. The highest BCUT2D eigenvalue weighted by Crippen LogP contribution is 2.19. The van der Waals surface area contributed by atoms with Crippen LogP contribution < -0.4 is 10.0 Å². The fourth-order valence-electron chi connectivity index (χ4n) is 2.79. The van der Waals surface area contributed by atoms with Crippen molar-refractivity contribution in [3.8, 4) is 0 Å². The van der Waals surface area contributed by atoms with Crippen LogP contribution in [0.4, 0.5) is 11.5 Å². The highest BCUT2D eigenvalue weighted by Gasteiger charge is 2.27. The van der Waals surface area contributed by atoms with E-state index in [1.54, 1.807) is 36.4 Å². The van der Waals surface area contributed by atoms with Gasteiger partial charge in [0, 0.05) is 6.04 Å². The molecule has 2 N–H and O–H groups in total. The number of sulfone groups is 1. The zero-order valence-corrected chi connectivity index (χ0v) is 16.0. The quantitative estimate of drug-likeness (QED) is 0.775. The van der Waals surface area contributed by atoms with E-state index in [2.05, 4.69) is 15.0 Å². The lowest BCUT2D eigenvalue weighted by Crippen LogP contribution is -2.20. The number of benzene rings is 1. The van der Waals surface area contributed by atoms with E-state index in [0.29, 0.717) is 12.1 Å². The van der Waals surface area contributed by atoms with Crippen molar-refractivity contribution in [2.75, 3.05) is 21.5 Å². The van der Waals surface area contributed by atoms with Crippen molar-refractivity contribution in [2.45, 2.75) is 30.7 Å². The van der Waals surface area contributed by atoms with Gasteiger partial charge in [-0.15, -0.1) is 0 Å². The Morgan fingerprint density at radius 2 is 1.88 bits per heavy atom. The van der Waals surface area contributed by atoms with Crippen LogP contribution in [0.25, 0.3) is 0 Å². The minimum atomic E-state index is -3.70. The molecule has 1 unspecified atom stereocenters. The number of sulfonamides is 1. The minimum Gasteiger partial charge on any atom is -0.380 e. The average Bonchev–Trinajstić information content (AvgIpc) is 2.95. The van der Waals surface area contributed by atoms with Gasteiger partial charge in [-0.2, -0.15) is 0 Å². The summed E-state index contributed by atoms with van der Waals surface area (Å²) in [6.45, 7) is 2.00. The molecule has 9 heteroatoms. The topological polar surface area (TPSA) is 105 Å². The van der Waals surface area contributed by atoms with Crippen molar-refractivity contribution in [1.82, 2.24) is 4.98 Å². The second-order valence-corrected chi connectivity index (χ2v) is 10.2. The van der Waals surface area contributed by atoms with Crippen molar-refractivity contribution >= 4 is 31.4 Å². The molecule has 140 valence electrons. The maximum Gasteiger partial charge on any atom is 0.263 e. The first-order chi connectivity index (χ1) is 12.3. The monoisotopic (exact) mass is 395 g/mol. The SMILES string of the molecule is CCc1ccc(S(=O)(=O)Nc2ccc(NC3CCS(=O)(=O)C3)cn2)cc1. The standard InChI is InChI=1S/C17H21N3O4S2/c1-2-13-3-6-16(7-4-13)26(23,24)20-17-8-5-14(11-18-17)19-15-9-10-25(21,22)12-15/h3-8,11,15,19H,2,9-10,12H2,1H3,(H,18,20). The number of anilines is 2. The largest absolute Gasteiger partial charge is 0.380 e. The number of aryl methyl sites for hydroxylation is 1. The van der Waals surface area contributed by atoms with Gasteiger partial charge >= 0.3 is 0 Å². The van der Waals surface area contributed by atoms with Gasteiger partial charge in [0.15, 0.2) is 9.84 Å². The van der Waals surface area contributed by atoms with Crippen LogP contribution in [0.5, 0.6) is 0 Å². The summed E-state index contributed by atoms with van der Waals surface area (Å²) in [6, 6.07) is 9.78. The van der Waals surface area contributed by atoms with Crippen LogP contribution in [0.2, 0.25) is 0 Å². The van der Waals surface area contributed by atoms with Crippen LogP contribution in [-0.2, 0) is 26.3 Å². The van der Waals surface area contributed by atoms with Gasteiger partial charge in [0.1, 0.15) is 5.82 Å². The average molecular weight is 396 g/mol. The van der Waals surface area contributed by atoms with E-state index in [1.807, 2.05) is 6.92 Å². The lowest BCUT2D eigenvalue weighted by molar-refractivity contribution is 0.599. The number of hydrogen-bond acceptors (Lipinski definition) is 6. The summed E-state index contributed by atoms with van der Waals surface area (Å²) in [7, 11) is -6.66. The normalized spacial score (nSPS) is 19.2. The Bertz CT molecular complexity index is 970. The summed E-state index contributed by atoms with van der Waals surface area (Å²) in [6.07, 6.45) is 2.89. The van der Waals surface area contributed by atoms with E-state index in [4.69, 9.17) is 0 Å². The van der Waals surface area contributed by atoms with Crippen LogP contribution in [-0.4, -0.2) is 39.4 Å². The molecule has 0 bridgehead atoms. The molecule has 2 heterocycles. The second-order valence-electron chi connectivity index (χ2n) is 6.28. The summed E-state index contributed by atoms with van der Waals surface area (Å²) in [4.78, 5) is 4.28. The smallest absolute Gasteiger partial charge is 0.263 e. The molecule has 0 amide bonds. The van der Waals surface area contributed by atoms with E-state index in [-0.39, 0.29) is 28.3 Å². The third-order valence-corrected chi connectivity index (χ3v) is 7.39. The van der Waals surface area contributed by atoms with Crippen LogP contribution in [0.15, 0.2) is 47.5 Å². The minimum absolute atomic E-state index is 0.106. The second kappa shape index (κ2) is 7.24. The molecule has 1 atom stereocenters. The lowest BCUT2D eigenvalue weighted by atomic mass is 10.2. The van der Waals surface area contributed by atoms with E-state index in [0.717, 1.165) is 12.0 Å². The molecule has 1 aromatic carbocycles. The van der Waals surface area contributed by atoms with Crippen molar-refractivity contribution in [2.24, 2.45) is 0 Å². The summed E-state index contributed by atoms with van der Waals surface area (Å²) in [5.41, 5.74) is 1.72. The molecule has 26 heavy (non-hydrogen) atoms. The van der Waals surface area contributed by atoms with E-state index in [9.17, 15) is 16.8 Å². The predicted molar refractivity (Wildman–Crippen MR) is 102 cm³/mol. The third kappa shape index (κ3) is 4.53. The molecule has 2 aromatic rings. The Morgan fingerprint density at radius 1 is 1.15 bits per heavy atom. The molecule has 0 saturated carbocycles. The van der Waals surface area contributed by atoms with Gasteiger partial charge in [0.05, 0.1) is 28.3 Å². The fourth-order valence-corrected chi connectivity index (χ4v) is 5.47. The number of nitrogens with one attached hydrogen (secondary N) is 2. The lowest BCUT2D eigenvalue weighted by Gasteiger charge is -2.13. The highest BCUT2D eigenvalue weighted by molar-refractivity contribution is 7.92. The zero-order valence-electron chi connectivity index (χ0n) is 14.3. The number of pyridine rings is 1. The molecule has 1 saturated heterocycles. The van der Waals surface area contributed by atoms with Crippen molar-refractivity contribution in [3.63, 3.8) is 0 Å². The maximum atomic E-state index is 12.4. The highest BCUT2D eigenvalue weighted by atomic mass is 32.2. The van der Waals surface area contributed by atoms with Gasteiger partial charge < -0.3 is 5.32 Å². The van der Waals surface area contributed by atoms with Crippen molar-refractivity contribution in [1.29, 1.82) is 0 Å². The van der Waals surface area contributed by atoms with E-state index in [1.165, 1.54) is 6.20 Å². The summed E-state index contributed by atoms with van der Waals surface area (Å²) < 4.78 is 50.2. The zero-order chi connectivity index (χ0) is 18.8. The summed E-state index contributed by atoms with van der Waals surface area (Å²) >= 11 is 0. The van der Waals surface area contributed by atoms with Gasteiger partial charge in [-0.05, 0) is 42.7 Å². The molecule has 3 rings (SSSR count). The Kier molecular flexibility index (Phi) is 5.19. The van der Waals surface area contributed by atoms with Gasteiger partial charge in [-0.3, -0.25) is 4.72 Å².